The van der Waals surface area contributed by atoms with E-state index in [-0.39, 0.29) is 11.9 Å². The molecule has 0 bridgehead atoms. The Hall–Kier alpha value is -0.570. The van der Waals surface area contributed by atoms with Crippen LogP contribution in [-0.2, 0) is 9.53 Å². The van der Waals surface area contributed by atoms with Gasteiger partial charge in [0.25, 0.3) is 0 Å². The molecule has 0 aromatic heterocycles. The zero-order valence-corrected chi connectivity index (χ0v) is 12.0. The summed E-state index contributed by atoms with van der Waals surface area (Å²) in [7, 11) is 1.51. The number of methoxy groups -OCH3 is 1. The molecular weight excluding hydrogens is 226 g/mol. The van der Waals surface area contributed by atoms with Gasteiger partial charge in [-0.1, -0.05) is 33.1 Å². The van der Waals surface area contributed by atoms with Crippen molar-refractivity contribution in [3.8, 4) is 0 Å². The van der Waals surface area contributed by atoms with Crippen LogP contribution in [0.25, 0.3) is 0 Å². The van der Waals surface area contributed by atoms with Gasteiger partial charge in [-0.2, -0.15) is 0 Å². The first-order chi connectivity index (χ1) is 8.65. The van der Waals surface area contributed by atoms with E-state index in [2.05, 4.69) is 18.7 Å². The van der Waals surface area contributed by atoms with E-state index in [4.69, 9.17) is 4.74 Å². The first kappa shape index (κ1) is 13.9. The topological polar surface area (TPSA) is 29.5 Å². The van der Waals surface area contributed by atoms with Crippen LogP contribution in [0.4, 0.5) is 0 Å². The van der Waals surface area contributed by atoms with Gasteiger partial charge in [-0.25, -0.2) is 0 Å². The summed E-state index contributed by atoms with van der Waals surface area (Å²) in [6, 6.07) is 0.709. The maximum atomic E-state index is 11.7. The minimum atomic E-state index is -0.0205. The maximum absolute atomic E-state index is 11.7. The van der Waals surface area contributed by atoms with Crippen LogP contribution in [0.15, 0.2) is 0 Å². The molecule has 0 N–H and O–H groups in total. The molecule has 1 saturated heterocycles. The van der Waals surface area contributed by atoms with Crippen LogP contribution in [0.2, 0.25) is 0 Å². The molecular formula is C15H27NO2. The summed E-state index contributed by atoms with van der Waals surface area (Å²) < 4.78 is 4.92. The Morgan fingerprint density at radius 1 is 1.33 bits per heavy atom. The van der Waals surface area contributed by atoms with Gasteiger partial charge in [-0.15, -0.1) is 0 Å². The van der Waals surface area contributed by atoms with Crippen LogP contribution in [0, 0.1) is 17.8 Å². The molecule has 4 atom stereocenters. The zero-order chi connectivity index (χ0) is 13.1. The second-order valence-electron chi connectivity index (χ2n) is 6.16. The number of carbonyl (C=O) groups is 1. The third-order valence-corrected chi connectivity index (χ3v) is 4.99. The molecule has 0 aromatic carbocycles. The molecule has 1 saturated carbocycles. The average Bonchev–Trinajstić information content (AvgIpc) is 2.80. The average molecular weight is 253 g/mol. The lowest BCUT2D eigenvalue weighted by atomic mass is 9.83. The van der Waals surface area contributed by atoms with Gasteiger partial charge in [0.05, 0.1) is 13.0 Å². The largest absolute Gasteiger partial charge is 0.469 e. The Bertz CT molecular complexity index is 292. The van der Waals surface area contributed by atoms with Crippen molar-refractivity contribution < 1.29 is 9.53 Å². The SMILES string of the molecule is CCC1CCCC(N2CC(C)C(C(=O)OC)C2)C1. The van der Waals surface area contributed by atoms with Crippen molar-refractivity contribution in [3.05, 3.63) is 0 Å². The van der Waals surface area contributed by atoms with E-state index in [0.29, 0.717) is 12.0 Å². The number of esters is 1. The highest BCUT2D eigenvalue weighted by molar-refractivity contribution is 5.73. The predicted molar refractivity (Wildman–Crippen MR) is 72.3 cm³/mol. The molecule has 18 heavy (non-hydrogen) atoms. The van der Waals surface area contributed by atoms with Crippen molar-refractivity contribution in [1.29, 1.82) is 0 Å². The van der Waals surface area contributed by atoms with Crippen LogP contribution < -0.4 is 0 Å². The fourth-order valence-electron chi connectivity index (χ4n) is 3.73. The van der Waals surface area contributed by atoms with Gasteiger partial charge in [0.15, 0.2) is 0 Å². The van der Waals surface area contributed by atoms with Crippen molar-refractivity contribution in [1.82, 2.24) is 4.90 Å². The second-order valence-corrected chi connectivity index (χ2v) is 6.16. The summed E-state index contributed by atoms with van der Waals surface area (Å²) in [6.45, 7) is 6.47. The van der Waals surface area contributed by atoms with E-state index in [0.717, 1.165) is 19.0 Å². The molecule has 0 amide bonds. The highest BCUT2D eigenvalue weighted by atomic mass is 16.5. The van der Waals surface area contributed by atoms with E-state index in [1.165, 1.54) is 39.2 Å². The molecule has 1 aliphatic carbocycles. The van der Waals surface area contributed by atoms with Crippen molar-refractivity contribution >= 4 is 5.97 Å². The molecule has 0 radical (unpaired) electrons. The van der Waals surface area contributed by atoms with Gasteiger partial charge >= 0.3 is 5.97 Å². The molecule has 4 unspecified atom stereocenters. The molecule has 0 aromatic rings. The van der Waals surface area contributed by atoms with Crippen LogP contribution >= 0.6 is 0 Å². The summed E-state index contributed by atoms with van der Waals surface area (Å²) in [5, 5.41) is 0. The van der Waals surface area contributed by atoms with E-state index in [1.807, 2.05) is 0 Å². The van der Waals surface area contributed by atoms with Crippen LogP contribution in [-0.4, -0.2) is 37.1 Å². The minimum absolute atomic E-state index is 0.0205. The van der Waals surface area contributed by atoms with E-state index in [9.17, 15) is 4.79 Å². The number of nitrogens with zero attached hydrogens (tertiary/aromatic N) is 1. The van der Waals surface area contributed by atoms with Gasteiger partial charge in [0, 0.05) is 19.1 Å². The Labute approximate surface area is 111 Å². The summed E-state index contributed by atoms with van der Waals surface area (Å²) >= 11 is 0. The highest BCUT2D eigenvalue weighted by Crippen LogP contribution is 2.34. The summed E-state index contributed by atoms with van der Waals surface area (Å²) in [5.41, 5.74) is 0. The molecule has 2 aliphatic rings. The van der Waals surface area contributed by atoms with Crippen molar-refractivity contribution in [3.63, 3.8) is 0 Å². The summed E-state index contributed by atoms with van der Waals surface area (Å²) in [5.74, 6) is 1.42. The molecule has 1 heterocycles. The van der Waals surface area contributed by atoms with Gasteiger partial charge in [0.1, 0.15) is 0 Å². The number of rotatable bonds is 3. The second kappa shape index (κ2) is 6.05. The molecule has 3 heteroatoms. The standard InChI is InChI=1S/C15H27NO2/c1-4-12-6-5-7-13(8-12)16-9-11(2)14(10-16)15(17)18-3/h11-14H,4-10H2,1-3H3. The van der Waals surface area contributed by atoms with Gasteiger partial charge in [0.2, 0.25) is 0 Å². The normalized spacial score (nSPS) is 37.7. The van der Waals surface area contributed by atoms with Crippen molar-refractivity contribution in [2.24, 2.45) is 17.8 Å². The zero-order valence-electron chi connectivity index (χ0n) is 12.0. The fraction of sp³-hybridized carbons (Fsp3) is 0.933. The summed E-state index contributed by atoms with van der Waals surface area (Å²) in [4.78, 5) is 14.3. The van der Waals surface area contributed by atoms with E-state index >= 15 is 0 Å². The minimum Gasteiger partial charge on any atom is -0.469 e. The Morgan fingerprint density at radius 3 is 2.78 bits per heavy atom. The fourth-order valence-corrected chi connectivity index (χ4v) is 3.73. The molecule has 2 fully saturated rings. The van der Waals surface area contributed by atoms with Crippen LogP contribution in [0.3, 0.4) is 0 Å². The quantitative estimate of drug-likeness (QED) is 0.724. The molecule has 0 spiro atoms. The van der Waals surface area contributed by atoms with Crippen LogP contribution in [0.1, 0.15) is 46.0 Å². The van der Waals surface area contributed by atoms with Gasteiger partial charge in [-0.3, -0.25) is 9.69 Å². The lowest BCUT2D eigenvalue weighted by Crippen LogP contribution is -2.38. The molecule has 3 nitrogen and oxygen atoms in total. The van der Waals surface area contributed by atoms with Crippen LogP contribution in [0.5, 0.6) is 0 Å². The monoisotopic (exact) mass is 253 g/mol. The van der Waals surface area contributed by atoms with E-state index < -0.39 is 0 Å². The first-order valence-corrected chi connectivity index (χ1v) is 7.47. The Kier molecular flexibility index (Phi) is 4.66. The Balaban J connectivity index is 1.93. The maximum Gasteiger partial charge on any atom is 0.310 e. The number of carbonyl (C=O) groups excluding carboxylic acids is 1. The number of likely N-dealkylation sites (tertiary alicyclic amines) is 1. The molecule has 104 valence electrons. The lowest BCUT2D eigenvalue weighted by molar-refractivity contribution is -0.146. The number of hydrogen-bond acceptors (Lipinski definition) is 3. The third-order valence-electron chi connectivity index (χ3n) is 4.99. The molecule has 2 rings (SSSR count). The third kappa shape index (κ3) is 2.87. The predicted octanol–water partition coefficient (Wildman–Crippen LogP) is 2.70. The Morgan fingerprint density at radius 2 is 2.11 bits per heavy atom. The first-order valence-electron chi connectivity index (χ1n) is 7.47. The lowest BCUT2D eigenvalue weighted by Gasteiger charge is -2.35. The van der Waals surface area contributed by atoms with Crippen molar-refractivity contribution in [2.75, 3.05) is 20.2 Å². The number of ether oxygens (including phenoxy) is 1. The van der Waals surface area contributed by atoms with Gasteiger partial charge < -0.3 is 4.74 Å². The van der Waals surface area contributed by atoms with Crippen molar-refractivity contribution in [2.45, 2.75) is 52.0 Å². The summed E-state index contributed by atoms with van der Waals surface area (Å²) in [6.07, 6.45) is 6.71. The highest BCUT2D eigenvalue weighted by Gasteiger charge is 2.39. The molecule has 1 aliphatic heterocycles. The van der Waals surface area contributed by atoms with E-state index in [1.54, 1.807) is 0 Å². The van der Waals surface area contributed by atoms with Gasteiger partial charge in [-0.05, 0) is 24.7 Å². The smallest absolute Gasteiger partial charge is 0.310 e. The number of hydrogen-bond donors (Lipinski definition) is 0.